The summed E-state index contributed by atoms with van der Waals surface area (Å²) in [6, 6.07) is 0. The second-order valence-electron chi connectivity index (χ2n) is 4.28. The van der Waals surface area contributed by atoms with Crippen LogP contribution in [0.4, 0.5) is 0 Å². The largest absolute Gasteiger partial charge is 0.393 e. The standard InChI is InChI=1S/C11H24O3S/c1-3-4-5-6-8-11(12)9-7-10-15(2,13)14/h11-12H,3-10H2,1-2H3. The van der Waals surface area contributed by atoms with Crippen molar-refractivity contribution < 1.29 is 13.5 Å². The minimum atomic E-state index is -2.86. The van der Waals surface area contributed by atoms with Gasteiger partial charge in [0.05, 0.1) is 6.10 Å². The van der Waals surface area contributed by atoms with Crippen molar-refractivity contribution >= 4 is 9.84 Å². The highest BCUT2D eigenvalue weighted by Crippen LogP contribution is 2.09. The molecule has 15 heavy (non-hydrogen) atoms. The van der Waals surface area contributed by atoms with Crippen molar-refractivity contribution in [3.63, 3.8) is 0 Å². The van der Waals surface area contributed by atoms with Gasteiger partial charge in [0, 0.05) is 12.0 Å². The molecular weight excluding hydrogens is 212 g/mol. The van der Waals surface area contributed by atoms with Gasteiger partial charge in [-0.15, -0.1) is 0 Å². The average molecular weight is 236 g/mol. The van der Waals surface area contributed by atoms with Crippen molar-refractivity contribution in [3.8, 4) is 0 Å². The fraction of sp³-hybridized carbons (Fsp3) is 1.00. The predicted octanol–water partition coefficient (Wildman–Crippen LogP) is 2.14. The molecule has 3 nitrogen and oxygen atoms in total. The Morgan fingerprint density at radius 1 is 1.07 bits per heavy atom. The molecule has 0 aromatic heterocycles. The normalized spacial score (nSPS) is 14.1. The molecule has 1 atom stereocenters. The molecule has 0 amide bonds. The van der Waals surface area contributed by atoms with E-state index in [1.165, 1.54) is 25.5 Å². The highest BCUT2D eigenvalue weighted by atomic mass is 32.2. The summed E-state index contributed by atoms with van der Waals surface area (Å²) in [5.74, 6) is 0.193. The molecule has 0 aromatic rings. The monoisotopic (exact) mass is 236 g/mol. The number of hydrogen-bond acceptors (Lipinski definition) is 3. The Kier molecular flexibility index (Phi) is 8.06. The van der Waals surface area contributed by atoms with Crippen molar-refractivity contribution in [1.82, 2.24) is 0 Å². The second kappa shape index (κ2) is 8.11. The van der Waals surface area contributed by atoms with Crippen LogP contribution in [0.2, 0.25) is 0 Å². The quantitative estimate of drug-likeness (QED) is 0.624. The summed E-state index contributed by atoms with van der Waals surface area (Å²) in [6.45, 7) is 2.16. The number of hydrogen-bond donors (Lipinski definition) is 1. The number of aliphatic hydroxyl groups excluding tert-OH is 1. The fourth-order valence-electron chi connectivity index (χ4n) is 1.53. The summed E-state index contributed by atoms with van der Waals surface area (Å²) in [4.78, 5) is 0. The van der Waals surface area contributed by atoms with Gasteiger partial charge in [-0.25, -0.2) is 8.42 Å². The molecule has 92 valence electrons. The Hall–Kier alpha value is -0.0900. The molecular formula is C11H24O3S. The summed E-state index contributed by atoms with van der Waals surface area (Å²) in [7, 11) is -2.86. The van der Waals surface area contributed by atoms with Crippen LogP contribution in [0.5, 0.6) is 0 Å². The van der Waals surface area contributed by atoms with Gasteiger partial charge in [-0.05, 0) is 19.3 Å². The Bertz CT molecular complexity index is 234. The highest BCUT2D eigenvalue weighted by molar-refractivity contribution is 7.90. The van der Waals surface area contributed by atoms with Crippen LogP contribution in [-0.2, 0) is 9.84 Å². The van der Waals surface area contributed by atoms with E-state index in [0.29, 0.717) is 12.8 Å². The predicted molar refractivity (Wildman–Crippen MR) is 63.7 cm³/mol. The van der Waals surface area contributed by atoms with E-state index in [4.69, 9.17) is 0 Å². The Morgan fingerprint density at radius 3 is 2.20 bits per heavy atom. The first-order chi connectivity index (χ1) is 6.95. The summed E-state index contributed by atoms with van der Waals surface area (Å²) >= 11 is 0. The van der Waals surface area contributed by atoms with Crippen LogP contribution in [0.15, 0.2) is 0 Å². The molecule has 0 saturated carbocycles. The maximum Gasteiger partial charge on any atom is 0.147 e. The van der Waals surface area contributed by atoms with Crippen molar-refractivity contribution in [3.05, 3.63) is 0 Å². The van der Waals surface area contributed by atoms with E-state index in [9.17, 15) is 13.5 Å². The van der Waals surface area contributed by atoms with E-state index < -0.39 is 9.84 Å². The molecule has 1 unspecified atom stereocenters. The minimum absolute atomic E-state index is 0.193. The lowest BCUT2D eigenvalue weighted by molar-refractivity contribution is 0.150. The highest BCUT2D eigenvalue weighted by Gasteiger charge is 2.06. The number of aliphatic hydroxyl groups is 1. The summed E-state index contributed by atoms with van der Waals surface area (Å²) in [6.07, 6.45) is 7.55. The summed E-state index contributed by atoms with van der Waals surface area (Å²) < 4.78 is 21.7. The number of rotatable bonds is 9. The molecule has 0 radical (unpaired) electrons. The lowest BCUT2D eigenvalue weighted by Gasteiger charge is -2.09. The molecule has 4 heteroatoms. The van der Waals surface area contributed by atoms with Crippen molar-refractivity contribution in [2.75, 3.05) is 12.0 Å². The summed E-state index contributed by atoms with van der Waals surface area (Å²) in [5.41, 5.74) is 0. The molecule has 0 spiro atoms. The van der Waals surface area contributed by atoms with E-state index in [2.05, 4.69) is 6.92 Å². The Morgan fingerprint density at radius 2 is 1.67 bits per heavy atom. The zero-order valence-corrected chi connectivity index (χ0v) is 10.7. The maximum absolute atomic E-state index is 10.8. The van der Waals surface area contributed by atoms with Crippen LogP contribution < -0.4 is 0 Å². The van der Waals surface area contributed by atoms with Crippen LogP contribution >= 0.6 is 0 Å². The molecule has 0 rings (SSSR count). The maximum atomic E-state index is 10.8. The van der Waals surface area contributed by atoms with Crippen molar-refractivity contribution in [2.24, 2.45) is 0 Å². The lowest BCUT2D eigenvalue weighted by Crippen LogP contribution is -2.10. The van der Waals surface area contributed by atoms with Gasteiger partial charge in [-0.3, -0.25) is 0 Å². The van der Waals surface area contributed by atoms with Crippen molar-refractivity contribution in [2.45, 2.75) is 58.0 Å². The summed E-state index contributed by atoms with van der Waals surface area (Å²) in [5, 5.41) is 9.55. The Labute approximate surface area is 93.8 Å². The third-order valence-corrected chi connectivity index (χ3v) is 3.47. The van der Waals surface area contributed by atoms with Crippen LogP contribution in [-0.4, -0.2) is 31.6 Å². The van der Waals surface area contributed by atoms with Gasteiger partial charge < -0.3 is 5.11 Å². The van der Waals surface area contributed by atoms with Gasteiger partial charge in [0.2, 0.25) is 0 Å². The number of unbranched alkanes of at least 4 members (excludes halogenated alkanes) is 3. The third-order valence-electron chi connectivity index (χ3n) is 2.44. The molecule has 0 aliphatic rings. The molecule has 1 N–H and O–H groups in total. The van der Waals surface area contributed by atoms with E-state index in [0.717, 1.165) is 12.8 Å². The molecule has 0 fully saturated rings. The van der Waals surface area contributed by atoms with Gasteiger partial charge in [0.25, 0.3) is 0 Å². The first-order valence-corrected chi connectivity index (χ1v) is 7.87. The van der Waals surface area contributed by atoms with Crippen molar-refractivity contribution in [1.29, 1.82) is 0 Å². The minimum Gasteiger partial charge on any atom is -0.393 e. The zero-order valence-electron chi connectivity index (χ0n) is 9.91. The van der Waals surface area contributed by atoms with E-state index in [-0.39, 0.29) is 11.9 Å². The molecule has 0 aliphatic heterocycles. The molecule has 0 bridgehead atoms. The van der Waals surface area contributed by atoms with Gasteiger partial charge in [-0.1, -0.05) is 32.6 Å². The van der Waals surface area contributed by atoms with Crippen LogP contribution in [0, 0.1) is 0 Å². The number of sulfone groups is 1. The molecule has 0 heterocycles. The van der Waals surface area contributed by atoms with Gasteiger partial charge in [-0.2, -0.15) is 0 Å². The third kappa shape index (κ3) is 11.8. The average Bonchev–Trinajstić information content (AvgIpc) is 2.10. The van der Waals surface area contributed by atoms with Gasteiger partial charge in [0.1, 0.15) is 9.84 Å². The second-order valence-corrected chi connectivity index (χ2v) is 6.54. The SMILES string of the molecule is CCCCCCC(O)CCCS(C)(=O)=O. The van der Waals surface area contributed by atoms with E-state index in [1.54, 1.807) is 0 Å². The van der Waals surface area contributed by atoms with Crippen LogP contribution in [0.25, 0.3) is 0 Å². The van der Waals surface area contributed by atoms with Crippen LogP contribution in [0.3, 0.4) is 0 Å². The first kappa shape index (κ1) is 14.9. The van der Waals surface area contributed by atoms with Gasteiger partial charge >= 0.3 is 0 Å². The molecule has 0 aromatic carbocycles. The zero-order chi connectivity index (χ0) is 11.7. The molecule has 0 aliphatic carbocycles. The lowest BCUT2D eigenvalue weighted by atomic mass is 10.1. The smallest absolute Gasteiger partial charge is 0.147 e. The van der Waals surface area contributed by atoms with E-state index >= 15 is 0 Å². The topological polar surface area (TPSA) is 54.4 Å². The first-order valence-electron chi connectivity index (χ1n) is 5.81. The molecule has 0 saturated heterocycles. The fourth-order valence-corrected chi connectivity index (χ4v) is 2.22. The van der Waals surface area contributed by atoms with E-state index in [1.807, 2.05) is 0 Å². The van der Waals surface area contributed by atoms with Gasteiger partial charge in [0.15, 0.2) is 0 Å². The van der Waals surface area contributed by atoms with Crippen LogP contribution in [0.1, 0.15) is 51.9 Å². The Balaban J connectivity index is 3.37.